The number of amides is 1. The molecule has 4 heterocycles. The van der Waals surface area contributed by atoms with Gasteiger partial charge in [-0.15, -0.1) is 0 Å². The van der Waals surface area contributed by atoms with Crippen molar-refractivity contribution in [2.45, 2.75) is 38.1 Å². The standard InChI is InChI=1S/C20H31N3O3/c24-15-17-14-23(19(25)16-1-7-21-13-16)10-6-20(17)4-8-22(9-5-20)18-2-11-26-12-3-18/h1,7,13,17-18,21,24H,2-6,8-12,14-15H2. The second-order valence-corrected chi connectivity index (χ2v) is 8.22. The van der Waals surface area contributed by atoms with Gasteiger partial charge in [-0.2, -0.15) is 0 Å². The van der Waals surface area contributed by atoms with Crippen LogP contribution in [0, 0.1) is 11.3 Å². The van der Waals surface area contributed by atoms with Crippen LogP contribution in [0.2, 0.25) is 0 Å². The van der Waals surface area contributed by atoms with Crippen LogP contribution in [0.25, 0.3) is 0 Å². The van der Waals surface area contributed by atoms with E-state index in [2.05, 4.69) is 9.88 Å². The molecule has 4 rings (SSSR count). The van der Waals surface area contributed by atoms with Gasteiger partial charge in [0.1, 0.15) is 0 Å². The van der Waals surface area contributed by atoms with Crippen LogP contribution in [0.5, 0.6) is 0 Å². The monoisotopic (exact) mass is 361 g/mol. The number of nitrogens with one attached hydrogen (secondary N) is 1. The van der Waals surface area contributed by atoms with Crippen LogP contribution < -0.4 is 0 Å². The Hall–Kier alpha value is -1.37. The first kappa shape index (κ1) is 18.0. The maximum atomic E-state index is 12.7. The third kappa shape index (κ3) is 3.42. The van der Waals surface area contributed by atoms with Gasteiger partial charge in [-0.05, 0) is 56.7 Å². The second kappa shape index (κ2) is 7.71. The largest absolute Gasteiger partial charge is 0.396 e. The molecular weight excluding hydrogens is 330 g/mol. The van der Waals surface area contributed by atoms with Crippen molar-refractivity contribution < 1.29 is 14.6 Å². The van der Waals surface area contributed by atoms with Crippen molar-refractivity contribution in [2.75, 3.05) is 46.0 Å². The summed E-state index contributed by atoms with van der Waals surface area (Å²) in [7, 11) is 0. The highest BCUT2D eigenvalue weighted by atomic mass is 16.5. The van der Waals surface area contributed by atoms with E-state index in [-0.39, 0.29) is 23.8 Å². The molecule has 3 fully saturated rings. The molecule has 6 nitrogen and oxygen atoms in total. The predicted octanol–water partition coefficient (Wildman–Crippen LogP) is 1.73. The summed E-state index contributed by atoms with van der Waals surface area (Å²) in [6, 6.07) is 2.50. The van der Waals surface area contributed by atoms with Crippen LogP contribution in [0.1, 0.15) is 42.5 Å². The van der Waals surface area contributed by atoms with Crippen molar-refractivity contribution in [3.63, 3.8) is 0 Å². The Balaban J connectivity index is 1.38. The van der Waals surface area contributed by atoms with Crippen molar-refractivity contribution in [1.82, 2.24) is 14.8 Å². The van der Waals surface area contributed by atoms with Crippen LogP contribution in [0.3, 0.4) is 0 Å². The van der Waals surface area contributed by atoms with E-state index in [1.807, 2.05) is 11.0 Å². The molecule has 0 bridgehead atoms. The highest BCUT2D eigenvalue weighted by Gasteiger charge is 2.46. The summed E-state index contributed by atoms with van der Waals surface area (Å²) in [4.78, 5) is 20.2. The summed E-state index contributed by atoms with van der Waals surface area (Å²) < 4.78 is 5.50. The minimum absolute atomic E-state index is 0.0826. The average Bonchev–Trinajstić information content (AvgIpc) is 3.24. The topological polar surface area (TPSA) is 68.8 Å². The van der Waals surface area contributed by atoms with Gasteiger partial charge in [-0.3, -0.25) is 4.79 Å². The summed E-state index contributed by atoms with van der Waals surface area (Å²) in [6.45, 7) is 5.67. The second-order valence-electron chi connectivity index (χ2n) is 8.22. The van der Waals surface area contributed by atoms with Crippen LogP contribution in [-0.2, 0) is 4.74 Å². The fourth-order valence-corrected chi connectivity index (χ4v) is 5.23. The number of carbonyl (C=O) groups is 1. The number of hydrogen-bond acceptors (Lipinski definition) is 4. The Labute approximate surface area is 155 Å². The third-order valence-corrected chi connectivity index (χ3v) is 7.04. The third-order valence-electron chi connectivity index (χ3n) is 7.04. The normalized spacial score (nSPS) is 27.7. The Bertz CT molecular complexity index is 589. The van der Waals surface area contributed by atoms with Gasteiger partial charge in [0, 0.05) is 57.3 Å². The lowest BCUT2D eigenvalue weighted by Crippen LogP contribution is -2.56. The number of aliphatic hydroxyl groups excluding tert-OH is 1. The van der Waals surface area contributed by atoms with E-state index < -0.39 is 0 Å². The number of aliphatic hydroxyl groups is 1. The molecule has 0 saturated carbocycles. The highest BCUT2D eigenvalue weighted by Crippen LogP contribution is 2.46. The van der Waals surface area contributed by atoms with Gasteiger partial charge in [0.25, 0.3) is 5.91 Å². The first-order valence-corrected chi connectivity index (χ1v) is 10.1. The highest BCUT2D eigenvalue weighted by molar-refractivity contribution is 5.94. The molecule has 1 aromatic rings. The van der Waals surface area contributed by atoms with E-state index in [9.17, 15) is 9.90 Å². The maximum Gasteiger partial charge on any atom is 0.255 e. The number of ether oxygens (including phenoxy) is 1. The van der Waals surface area contributed by atoms with Crippen molar-refractivity contribution in [2.24, 2.45) is 11.3 Å². The number of carbonyl (C=O) groups excluding carboxylic acids is 1. The van der Waals surface area contributed by atoms with E-state index in [0.29, 0.717) is 18.2 Å². The number of nitrogens with zero attached hydrogens (tertiary/aromatic N) is 2. The zero-order valence-corrected chi connectivity index (χ0v) is 15.5. The molecular formula is C20H31N3O3. The van der Waals surface area contributed by atoms with E-state index >= 15 is 0 Å². The lowest BCUT2D eigenvalue weighted by Gasteiger charge is -2.52. The van der Waals surface area contributed by atoms with Crippen molar-refractivity contribution >= 4 is 5.91 Å². The van der Waals surface area contributed by atoms with Crippen molar-refractivity contribution in [1.29, 1.82) is 0 Å². The maximum absolute atomic E-state index is 12.7. The number of aromatic amines is 1. The molecule has 1 spiro atoms. The Morgan fingerprint density at radius 1 is 1.23 bits per heavy atom. The van der Waals surface area contributed by atoms with Gasteiger partial charge in [-0.1, -0.05) is 0 Å². The van der Waals surface area contributed by atoms with Crippen LogP contribution in [0.15, 0.2) is 18.5 Å². The SMILES string of the molecule is O=C(c1cc[nH]c1)N1CCC2(CCN(C3CCOCC3)CC2)C(CO)C1. The Morgan fingerprint density at radius 2 is 1.96 bits per heavy atom. The Kier molecular flexibility index (Phi) is 5.34. The van der Waals surface area contributed by atoms with Gasteiger partial charge in [0.05, 0.1) is 5.56 Å². The van der Waals surface area contributed by atoms with E-state index in [1.165, 1.54) is 0 Å². The lowest BCUT2D eigenvalue weighted by molar-refractivity contribution is -0.0531. The number of aromatic nitrogens is 1. The van der Waals surface area contributed by atoms with Crippen LogP contribution in [-0.4, -0.2) is 77.8 Å². The molecule has 3 saturated heterocycles. The minimum atomic E-state index is 0.0826. The van der Waals surface area contributed by atoms with E-state index in [1.54, 1.807) is 12.4 Å². The van der Waals surface area contributed by atoms with E-state index in [4.69, 9.17) is 4.74 Å². The number of H-pyrrole nitrogens is 1. The van der Waals surface area contributed by atoms with E-state index in [0.717, 1.165) is 65.0 Å². The van der Waals surface area contributed by atoms with Gasteiger partial charge >= 0.3 is 0 Å². The molecule has 2 N–H and O–H groups in total. The summed E-state index contributed by atoms with van der Waals surface area (Å²) in [5.74, 6) is 0.273. The van der Waals surface area contributed by atoms with Gasteiger partial charge < -0.3 is 24.6 Å². The molecule has 1 unspecified atom stereocenters. The lowest BCUT2D eigenvalue weighted by atomic mass is 9.64. The predicted molar refractivity (Wildman–Crippen MR) is 99.0 cm³/mol. The molecule has 0 aliphatic carbocycles. The summed E-state index contributed by atoms with van der Waals surface area (Å²) in [5, 5.41) is 10.1. The summed E-state index contributed by atoms with van der Waals surface area (Å²) >= 11 is 0. The number of hydrogen-bond donors (Lipinski definition) is 2. The van der Waals surface area contributed by atoms with Crippen LogP contribution >= 0.6 is 0 Å². The van der Waals surface area contributed by atoms with Crippen LogP contribution in [0.4, 0.5) is 0 Å². The molecule has 1 atom stereocenters. The number of likely N-dealkylation sites (tertiary alicyclic amines) is 2. The zero-order chi connectivity index (χ0) is 18.0. The molecule has 0 aromatic carbocycles. The molecule has 1 aromatic heterocycles. The van der Waals surface area contributed by atoms with Crippen molar-refractivity contribution in [3.8, 4) is 0 Å². The first-order valence-electron chi connectivity index (χ1n) is 10.1. The molecule has 144 valence electrons. The van der Waals surface area contributed by atoms with Gasteiger partial charge in [0.2, 0.25) is 0 Å². The molecule has 6 heteroatoms. The Morgan fingerprint density at radius 3 is 2.62 bits per heavy atom. The minimum Gasteiger partial charge on any atom is -0.396 e. The molecule has 26 heavy (non-hydrogen) atoms. The first-order chi connectivity index (χ1) is 12.7. The van der Waals surface area contributed by atoms with Gasteiger partial charge in [-0.25, -0.2) is 0 Å². The number of rotatable bonds is 3. The smallest absolute Gasteiger partial charge is 0.255 e. The quantitative estimate of drug-likeness (QED) is 0.860. The fraction of sp³-hybridized carbons (Fsp3) is 0.750. The summed E-state index contributed by atoms with van der Waals surface area (Å²) in [6.07, 6.45) is 9.13. The molecule has 0 radical (unpaired) electrons. The fourth-order valence-electron chi connectivity index (χ4n) is 5.23. The van der Waals surface area contributed by atoms with Crippen molar-refractivity contribution in [3.05, 3.63) is 24.0 Å². The van der Waals surface area contributed by atoms with Gasteiger partial charge in [0.15, 0.2) is 0 Å². The summed E-state index contributed by atoms with van der Waals surface area (Å²) in [5.41, 5.74) is 0.915. The molecule has 3 aliphatic heterocycles. The molecule has 3 aliphatic rings. The average molecular weight is 361 g/mol. The number of piperidine rings is 2. The molecule has 1 amide bonds. The zero-order valence-electron chi connectivity index (χ0n) is 15.5.